The van der Waals surface area contributed by atoms with Crippen molar-refractivity contribution in [3.8, 4) is 0 Å². The molecule has 2 aromatic heterocycles. The molecule has 1 aliphatic rings. The summed E-state index contributed by atoms with van der Waals surface area (Å²) in [5.74, 6) is -4.74. The minimum absolute atomic E-state index is 0.0338. The summed E-state index contributed by atoms with van der Waals surface area (Å²) in [6.07, 6.45) is 0.0108. The van der Waals surface area contributed by atoms with Crippen LogP contribution in [0.5, 0.6) is 0 Å². The second-order valence-corrected chi connectivity index (χ2v) is 8.91. The van der Waals surface area contributed by atoms with Crippen LogP contribution in [-0.2, 0) is 10.0 Å². The van der Waals surface area contributed by atoms with Crippen molar-refractivity contribution in [2.24, 2.45) is 0 Å². The van der Waals surface area contributed by atoms with Gasteiger partial charge in [-0.15, -0.1) is 0 Å². The number of amides is 1. The zero-order valence-electron chi connectivity index (χ0n) is 16.3. The van der Waals surface area contributed by atoms with E-state index in [-0.39, 0.29) is 40.8 Å². The lowest BCUT2D eigenvalue weighted by molar-refractivity contribution is -0.0221. The number of rotatable bonds is 5. The van der Waals surface area contributed by atoms with E-state index >= 15 is 0 Å². The number of pyridine rings is 1. The predicted octanol–water partition coefficient (Wildman–Crippen LogP) is 3.12. The molecule has 1 saturated heterocycles. The van der Waals surface area contributed by atoms with Gasteiger partial charge in [0, 0.05) is 43.5 Å². The van der Waals surface area contributed by atoms with Gasteiger partial charge in [-0.25, -0.2) is 32.1 Å². The fourth-order valence-corrected chi connectivity index (χ4v) is 4.42. The topological polar surface area (TPSA) is 125 Å². The Balaban J connectivity index is 1.65. The van der Waals surface area contributed by atoms with Crippen LogP contribution in [0, 0.1) is 5.82 Å². The SMILES string of the molecule is O=C(NO)c1cc2ccc(S(=O)(=O)Nc3cc(F)cnc3N3CCC(F)(F)CC3)cc2o1. The van der Waals surface area contributed by atoms with Gasteiger partial charge in [-0.2, -0.15) is 0 Å². The quantitative estimate of drug-likeness (QED) is 0.387. The molecule has 3 aromatic rings. The van der Waals surface area contributed by atoms with Gasteiger partial charge in [-0.1, -0.05) is 0 Å². The van der Waals surface area contributed by atoms with E-state index in [0.29, 0.717) is 5.39 Å². The molecule has 0 atom stereocenters. The Bertz CT molecular complexity index is 1290. The first-order valence-electron chi connectivity index (χ1n) is 9.37. The summed E-state index contributed by atoms with van der Waals surface area (Å²) in [6.45, 7) is -0.150. The smallest absolute Gasteiger partial charge is 0.310 e. The van der Waals surface area contributed by atoms with Crippen LogP contribution < -0.4 is 15.1 Å². The van der Waals surface area contributed by atoms with Crippen molar-refractivity contribution in [3.05, 3.63) is 48.1 Å². The van der Waals surface area contributed by atoms with Crippen LogP contribution >= 0.6 is 0 Å². The summed E-state index contributed by atoms with van der Waals surface area (Å²) < 4.78 is 74.2. The fourth-order valence-electron chi connectivity index (χ4n) is 3.35. The van der Waals surface area contributed by atoms with Crippen molar-refractivity contribution in [3.63, 3.8) is 0 Å². The van der Waals surface area contributed by atoms with Crippen molar-refractivity contribution in [1.29, 1.82) is 0 Å². The Morgan fingerprint density at radius 3 is 2.59 bits per heavy atom. The van der Waals surface area contributed by atoms with Crippen LogP contribution in [0.2, 0.25) is 0 Å². The standard InChI is InChI=1S/C19H17F3N4O5S/c20-12-8-14(17(23-10-12)26-5-3-19(21,22)4-6-26)25-32(29,30)13-2-1-11-7-16(18(27)24-28)31-15(11)9-13/h1-2,7-10,25,28H,3-6H2,(H,24,27). The first kappa shape index (κ1) is 21.9. The van der Waals surface area contributed by atoms with E-state index in [4.69, 9.17) is 9.62 Å². The summed E-state index contributed by atoms with van der Waals surface area (Å²) >= 11 is 0. The molecule has 1 fully saturated rings. The highest BCUT2D eigenvalue weighted by molar-refractivity contribution is 7.92. The molecule has 170 valence electrons. The van der Waals surface area contributed by atoms with Gasteiger partial charge in [0.2, 0.25) is 0 Å². The Morgan fingerprint density at radius 1 is 1.19 bits per heavy atom. The number of hydrogen-bond donors (Lipinski definition) is 3. The number of benzene rings is 1. The molecule has 4 rings (SSSR count). The fraction of sp³-hybridized carbons (Fsp3) is 0.263. The molecular formula is C19H17F3N4O5S. The van der Waals surface area contributed by atoms with Gasteiger partial charge in [-0.05, 0) is 18.2 Å². The van der Waals surface area contributed by atoms with Crippen LogP contribution in [-0.4, -0.2) is 43.5 Å². The molecule has 9 nitrogen and oxygen atoms in total. The summed E-state index contributed by atoms with van der Waals surface area (Å²) in [6, 6.07) is 6.01. The molecular weight excluding hydrogens is 453 g/mol. The summed E-state index contributed by atoms with van der Waals surface area (Å²) in [7, 11) is -4.26. The van der Waals surface area contributed by atoms with E-state index in [1.54, 1.807) is 0 Å². The van der Waals surface area contributed by atoms with E-state index in [1.807, 2.05) is 0 Å². The van der Waals surface area contributed by atoms with Crippen molar-refractivity contribution >= 4 is 38.4 Å². The Hall–Kier alpha value is -3.32. The van der Waals surface area contributed by atoms with Gasteiger partial charge in [-0.3, -0.25) is 14.7 Å². The molecule has 0 saturated carbocycles. The number of carbonyl (C=O) groups is 1. The number of sulfonamides is 1. The van der Waals surface area contributed by atoms with Gasteiger partial charge in [0.1, 0.15) is 11.4 Å². The highest BCUT2D eigenvalue weighted by atomic mass is 32.2. The lowest BCUT2D eigenvalue weighted by Gasteiger charge is -2.33. The second-order valence-electron chi connectivity index (χ2n) is 7.22. The first-order valence-corrected chi connectivity index (χ1v) is 10.9. The molecule has 32 heavy (non-hydrogen) atoms. The third-order valence-electron chi connectivity index (χ3n) is 5.00. The van der Waals surface area contributed by atoms with Crippen molar-refractivity contribution in [1.82, 2.24) is 10.5 Å². The van der Waals surface area contributed by atoms with Crippen LogP contribution in [0.1, 0.15) is 23.4 Å². The maximum Gasteiger partial charge on any atom is 0.310 e. The number of carbonyl (C=O) groups excluding carboxylic acids is 1. The van der Waals surface area contributed by atoms with Crippen molar-refractivity contribution in [2.75, 3.05) is 22.7 Å². The van der Waals surface area contributed by atoms with Crippen LogP contribution in [0.25, 0.3) is 11.0 Å². The zero-order chi connectivity index (χ0) is 23.1. The van der Waals surface area contributed by atoms with Crippen molar-refractivity contribution in [2.45, 2.75) is 23.7 Å². The molecule has 0 unspecified atom stereocenters. The Morgan fingerprint density at radius 2 is 1.91 bits per heavy atom. The number of alkyl halides is 2. The van der Waals surface area contributed by atoms with Gasteiger partial charge < -0.3 is 9.32 Å². The van der Waals surface area contributed by atoms with Crippen LogP contribution in [0.4, 0.5) is 24.7 Å². The highest BCUT2D eigenvalue weighted by Crippen LogP contribution is 2.34. The normalized spacial score (nSPS) is 16.2. The number of nitrogens with one attached hydrogen (secondary N) is 2. The van der Waals surface area contributed by atoms with E-state index in [0.717, 1.165) is 18.3 Å². The molecule has 3 heterocycles. The van der Waals surface area contributed by atoms with Gasteiger partial charge in [0.05, 0.1) is 16.8 Å². The maximum atomic E-state index is 13.8. The second kappa shape index (κ2) is 7.98. The molecule has 0 aliphatic carbocycles. The molecule has 0 bridgehead atoms. The Kier molecular flexibility index (Phi) is 5.46. The Labute approximate surface area is 179 Å². The van der Waals surface area contributed by atoms with E-state index in [9.17, 15) is 26.4 Å². The molecule has 0 radical (unpaired) electrons. The number of piperidine rings is 1. The third-order valence-corrected chi connectivity index (χ3v) is 6.36. The average molecular weight is 470 g/mol. The van der Waals surface area contributed by atoms with Crippen LogP contribution in [0.15, 0.2) is 45.8 Å². The molecule has 3 N–H and O–H groups in total. The van der Waals surface area contributed by atoms with E-state index < -0.39 is 40.5 Å². The predicted molar refractivity (Wildman–Crippen MR) is 107 cm³/mol. The molecule has 13 heteroatoms. The minimum atomic E-state index is -4.26. The van der Waals surface area contributed by atoms with E-state index in [1.165, 1.54) is 28.6 Å². The summed E-state index contributed by atoms with van der Waals surface area (Å²) in [5.41, 5.74) is 1.27. The summed E-state index contributed by atoms with van der Waals surface area (Å²) in [5, 5.41) is 9.11. The molecule has 0 spiro atoms. The van der Waals surface area contributed by atoms with Gasteiger partial charge >= 0.3 is 5.91 Å². The van der Waals surface area contributed by atoms with Gasteiger partial charge in [0.15, 0.2) is 11.6 Å². The highest BCUT2D eigenvalue weighted by Gasteiger charge is 2.35. The number of aromatic nitrogens is 1. The number of anilines is 2. The first-order chi connectivity index (χ1) is 15.1. The third kappa shape index (κ3) is 4.34. The number of fused-ring (bicyclic) bond motifs is 1. The zero-order valence-corrected chi connectivity index (χ0v) is 17.1. The van der Waals surface area contributed by atoms with E-state index in [2.05, 4.69) is 9.71 Å². The monoisotopic (exact) mass is 470 g/mol. The summed E-state index contributed by atoms with van der Waals surface area (Å²) in [4.78, 5) is 16.6. The van der Waals surface area contributed by atoms with Crippen molar-refractivity contribution < 1.29 is 36.0 Å². The minimum Gasteiger partial charge on any atom is -0.451 e. The van der Waals surface area contributed by atoms with Crippen LogP contribution in [0.3, 0.4) is 0 Å². The number of hydrogen-bond acceptors (Lipinski definition) is 7. The number of hydroxylamine groups is 1. The average Bonchev–Trinajstić information content (AvgIpc) is 3.17. The number of nitrogens with zero attached hydrogens (tertiary/aromatic N) is 2. The molecule has 1 aromatic carbocycles. The number of furan rings is 1. The molecule has 1 amide bonds. The lowest BCUT2D eigenvalue weighted by Crippen LogP contribution is -2.40. The largest absolute Gasteiger partial charge is 0.451 e. The lowest BCUT2D eigenvalue weighted by atomic mass is 10.1. The maximum absolute atomic E-state index is 13.8. The van der Waals surface area contributed by atoms with Gasteiger partial charge in [0.25, 0.3) is 15.9 Å². The molecule has 1 aliphatic heterocycles. The number of halogens is 3.